The SMILES string of the molecule is O=C(Cc1ccc(Cl)cc1)N1CCN(C(=O)c2cc3c(F)cccc3[nH]2)CC1. The lowest BCUT2D eigenvalue weighted by Gasteiger charge is -2.34. The molecule has 0 bridgehead atoms. The van der Waals surface area contributed by atoms with Gasteiger partial charge in [0.2, 0.25) is 5.91 Å². The number of rotatable bonds is 3. The molecule has 28 heavy (non-hydrogen) atoms. The molecule has 5 nitrogen and oxygen atoms in total. The van der Waals surface area contributed by atoms with E-state index in [0.717, 1.165) is 5.56 Å². The number of H-pyrrole nitrogens is 1. The maximum absolute atomic E-state index is 13.8. The second kappa shape index (κ2) is 7.64. The molecule has 3 aromatic rings. The maximum atomic E-state index is 13.8. The van der Waals surface area contributed by atoms with Gasteiger partial charge in [0.15, 0.2) is 0 Å². The van der Waals surface area contributed by atoms with E-state index in [1.165, 1.54) is 6.07 Å². The topological polar surface area (TPSA) is 56.4 Å². The Hall–Kier alpha value is -2.86. The molecule has 2 heterocycles. The molecule has 1 aliphatic rings. The minimum Gasteiger partial charge on any atom is -0.350 e. The molecule has 0 radical (unpaired) electrons. The molecule has 1 saturated heterocycles. The van der Waals surface area contributed by atoms with Gasteiger partial charge in [-0.1, -0.05) is 29.8 Å². The Morgan fingerprint density at radius 1 is 1.00 bits per heavy atom. The third kappa shape index (κ3) is 3.73. The van der Waals surface area contributed by atoms with E-state index in [9.17, 15) is 14.0 Å². The van der Waals surface area contributed by atoms with Crippen molar-refractivity contribution in [2.24, 2.45) is 0 Å². The van der Waals surface area contributed by atoms with Crippen molar-refractivity contribution in [3.63, 3.8) is 0 Å². The van der Waals surface area contributed by atoms with Crippen LogP contribution >= 0.6 is 11.6 Å². The van der Waals surface area contributed by atoms with Crippen LogP contribution in [0.25, 0.3) is 10.9 Å². The Morgan fingerprint density at radius 2 is 1.68 bits per heavy atom. The lowest BCUT2D eigenvalue weighted by atomic mass is 10.1. The van der Waals surface area contributed by atoms with Crippen LogP contribution in [0.4, 0.5) is 4.39 Å². The van der Waals surface area contributed by atoms with Gasteiger partial charge in [0, 0.05) is 42.1 Å². The molecule has 0 atom stereocenters. The Kier molecular flexibility index (Phi) is 5.05. The molecule has 2 amide bonds. The fourth-order valence-corrected chi connectivity index (χ4v) is 3.58. The van der Waals surface area contributed by atoms with Crippen molar-refractivity contribution in [1.29, 1.82) is 0 Å². The second-order valence-electron chi connectivity index (χ2n) is 6.86. The highest BCUT2D eigenvalue weighted by Crippen LogP contribution is 2.20. The lowest BCUT2D eigenvalue weighted by Crippen LogP contribution is -2.51. The van der Waals surface area contributed by atoms with Gasteiger partial charge in [-0.3, -0.25) is 9.59 Å². The van der Waals surface area contributed by atoms with Gasteiger partial charge in [-0.2, -0.15) is 0 Å². The van der Waals surface area contributed by atoms with Gasteiger partial charge >= 0.3 is 0 Å². The summed E-state index contributed by atoms with van der Waals surface area (Å²) in [4.78, 5) is 31.7. The largest absolute Gasteiger partial charge is 0.350 e. The van der Waals surface area contributed by atoms with Gasteiger partial charge in [0.1, 0.15) is 11.5 Å². The summed E-state index contributed by atoms with van der Waals surface area (Å²) in [5.74, 6) is -0.507. The third-order valence-electron chi connectivity index (χ3n) is 5.03. The molecule has 2 aromatic carbocycles. The number of amides is 2. The summed E-state index contributed by atoms with van der Waals surface area (Å²) < 4.78 is 13.8. The fraction of sp³-hybridized carbons (Fsp3) is 0.238. The summed E-state index contributed by atoms with van der Waals surface area (Å²) in [6.45, 7) is 1.85. The predicted octanol–water partition coefficient (Wildman–Crippen LogP) is 3.49. The van der Waals surface area contributed by atoms with Crippen molar-refractivity contribution in [3.05, 3.63) is 70.6 Å². The molecule has 1 aromatic heterocycles. The minimum absolute atomic E-state index is 0.0297. The first-order chi connectivity index (χ1) is 13.5. The van der Waals surface area contributed by atoms with E-state index in [0.29, 0.717) is 54.2 Å². The van der Waals surface area contributed by atoms with Crippen LogP contribution in [0.15, 0.2) is 48.5 Å². The van der Waals surface area contributed by atoms with E-state index in [1.807, 2.05) is 12.1 Å². The summed E-state index contributed by atoms with van der Waals surface area (Å²) in [7, 11) is 0. The number of halogens is 2. The standard InChI is InChI=1S/C21H19ClFN3O2/c22-15-6-4-14(5-7-15)12-20(27)25-8-10-26(11-9-25)21(28)19-13-16-17(23)2-1-3-18(16)24-19/h1-7,13,24H,8-12H2. The van der Waals surface area contributed by atoms with Crippen molar-refractivity contribution in [3.8, 4) is 0 Å². The fourth-order valence-electron chi connectivity index (χ4n) is 3.45. The van der Waals surface area contributed by atoms with E-state index >= 15 is 0 Å². The van der Waals surface area contributed by atoms with Crippen LogP contribution < -0.4 is 0 Å². The highest BCUT2D eigenvalue weighted by molar-refractivity contribution is 6.30. The zero-order valence-corrected chi connectivity index (χ0v) is 15.9. The number of nitrogens with one attached hydrogen (secondary N) is 1. The number of hydrogen-bond acceptors (Lipinski definition) is 2. The zero-order chi connectivity index (χ0) is 19.7. The smallest absolute Gasteiger partial charge is 0.270 e. The van der Waals surface area contributed by atoms with E-state index in [-0.39, 0.29) is 17.6 Å². The quantitative estimate of drug-likeness (QED) is 0.733. The number of benzene rings is 2. The van der Waals surface area contributed by atoms with Gasteiger partial charge in [-0.15, -0.1) is 0 Å². The molecule has 7 heteroatoms. The van der Waals surface area contributed by atoms with Crippen LogP contribution in [0.3, 0.4) is 0 Å². The van der Waals surface area contributed by atoms with E-state index < -0.39 is 0 Å². The van der Waals surface area contributed by atoms with Crippen molar-refractivity contribution < 1.29 is 14.0 Å². The molecule has 144 valence electrons. The number of piperazine rings is 1. The maximum Gasteiger partial charge on any atom is 0.270 e. The van der Waals surface area contributed by atoms with Crippen LogP contribution in [0.2, 0.25) is 5.02 Å². The summed E-state index contributed by atoms with van der Waals surface area (Å²) in [5.41, 5.74) is 1.87. The Bertz CT molecular complexity index is 1020. The number of fused-ring (bicyclic) bond motifs is 1. The molecule has 0 aliphatic carbocycles. The minimum atomic E-state index is -0.356. The number of carbonyl (C=O) groups is 2. The van der Waals surface area contributed by atoms with Gasteiger partial charge in [-0.05, 0) is 35.9 Å². The van der Waals surface area contributed by atoms with E-state index in [1.54, 1.807) is 40.1 Å². The molecule has 1 aliphatic heterocycles. The summed E-state index contributed by atoms with van der Waals surface area (Å²) in [5, 5.41) is 1.04. The normalized spacial score (nSPS) is 14.5. The number of aromatic nitrogens is 1. The number of aromatic amines is 1. The first-order valence-electron chi connectivity index (χ1n) is 9.10. The molecule has 0 spiro atoms. The van der Waals surface area contributed by atoms with Gasteiger partial charge in [0.05, 0.1) is 6.42 Å². The number of hydrogen-bond donors (Lipinski definition) is 1. The molecule has 0 unspecified atom stereocenters. The lowest BCUT2D eigenvalue weighted by molar-refractivity contribution is -0.131. The first kappa shape index (κ1) is 18.5. The Balaban J connectivity index is 1.37. The summed E-state index contributed by atoms with van der Waals surface area (Å²) in [6.07, 6.45) is 0.312. The molecular formula is C21H19ClFN3O2. The highest BCUT2D eigenvalue weighted by atomic mass is 35.5. The van der Waals surface area contributed by atoms with Gasteiger partial charge < -0.3 is 14.8 Å². The first-order valence-corrected chi connectivity index (χ1v) is 9.48. The third-order valence-corrected chi connectivity index (χ3v) is 5.28. The molecular weight excluding hydrogens is 381 g/mol. The van der Waals surface area contributed by atoms with Crippen molar-refractivity contribution in [2.75, 3.05) is 26.2 Å². The molecule has 4 rings (SSSR count). The van der Waals surface area contributed by atoms with Gasteiger partial charge in [-0.25, -0.2) is 4.39 Å². The van der Waals surface area contributed by atoms with Crippen LogP contribution in [-0.2, 0) is 11.2 Å². The van der Waals surface area contributed by atoms with Crippen molar-refractivity contribution in [1.82, 2.24) is 14.8 Å². The average molecular weight is 400 g/mol. The van der Waals surface area contributed by atoms with Gasteiger partial charge in [0.25, 0.3) is 5.91 Å². The summed E-state index contributed by atoms with van der Waals surface area (Å²) >= 11 is 5.87. The molecule has 1 fully saturated rings. The van der Waals surface area contributed by atoms with Crippen LogP contribution in [-0.4, -0.2) is 52.8 Å². The van der Waals surface area contributed by atoms with Crippen molar-refractivity contribution >= 4 is 34.3 Å². The highest BCUT2D eigenvalue weighted by Gasteiger charge is 2.26. The monoisotopic (exact) mass is 399 g/mol. The molecule has 0 saturated carbocycles. The zero-order valence-electron chi connectivity index (χ0n) is 15.1. The van der Waals surface area contributed by atoms with Crippen LogP contribution in [0.5, 0.6) is 0 Å². The van der Waals surface area contributed by atoms with Crippen LogP contribution in [0, 0.1) is 5.82 Å². The Morgan fingerprint density at radius 3 is 2.36 bits per heavy atom. The predicted molar refractivity (Wildman–Crippen MR) is 106 cm³/mol. The Labute approximate surface area is 166 Å². The van der Waals surface area contributed by atoms with E-state index in [4.69, 9.17) is 11.6 Å². The average Bonchev–Trinajstić information content (AvgIpc) is 3.15. The summed E-state index contributed by atoms with van der Waals surface area (Å²) in [6, 6.07) is 13.5. The second-order valence-corrected chi connectivity index (χ2v) is 7.30. The molecule has 1 N–H and O–H groups in total. The van der Waals surface area contributed by atoms with Crippen LogP contribution in [0.1, 0.15) is 16.1 Å². The van der Waals surface area contributed by atoms with E-state index in [2.05, 4.69) is 4.98 Å². The number of nitrogens with zero attached hydrogens (tertiary/aromatic N) is 2. The van der Waals surface area contributed by atoms with Crippen molar-refractivity contribution in [2.45, 2.75) is 6.42 Å². The number of carbonyl (C=O) groups excluding carboxylic acids is 2.